The van der Waals surface area contributed by atoms with Gasteiger partial charge in [0.15, 0.2) is 0 Å². The topological polar surface area (TPSA) is 41.4 Å². The van der Waals surface area contributed by atoms with E-state index in [1.54, 1.807) is 11.3 Å². The predicted molar refractivity (Wildman–Crippen MR) is 115 cm³/mol. The molecule has 0 aliphatic rings. The van der Waals surface area contributed by atoms with E-state index in [0.29, 0.717) is 0 Å². The summed E-state index contributed by atoms with van der Waals surface area (Å²) in [5.41, 5.74) is 7.87. The molecule has 0 bridgehead atoms. The monoisotopic (exact) mass is 378 g/mol. The molecule has 3 aromatic rings. The molecule has 27 heavy (non-hydrogen) atoms. The summed E-state index contributed by atoms with van der Waals surface area (Å²) in [5.74, 6) is 0. The summed E-state index contributed by atoms with van der Waals surface area (Å²) in [7, 11) is 2.03. The number of aryl methyl sites for hydroxylation is 3. The first-order chi connectivity index (χ1) is 13.0. The van der Waals surface area contributed by atoms with Crippen LogP contribution in [0, 0.1) is 20.8 Å². The van der Waals surface area contributed by atoms with E-state index in [2.05, 4.69) is 59.2 Å². The van der Waals surface area contributed by atoms with Crippen LogP contribution < -0.4 is 0 Å². The normalized spacial score (nSPS) is 11.3. The van der Waals surface area contributed by atoms with Gasteiger partial charge in [-0.1, -0.05) is 6.07 Å². The third kappa shape index (κ3) is 4.80. The standard InChI is InChI=1S/C22H26N4S/c1-6-26(5)14-24-20-10-15(2)19(9-16(20)3)11-22-25-21(13-27-22)18-8-7-17(4)23-12-18/h7-10,12-14H,6,11H2,1-5H3/b24-14+. The molecule has 0 radical (unpaired) electrons. The molecule has 4 nitrogen and oxygen atoms in total. The molecule has 0 atom stereocenters. The van der Waals surface area contributed by atoms with E-state index in [4.69, 9.17) is 4.98 Å². The Bertz CT molecular complexity index is 941. The molecule has 0 saturated carbocycles. The molecule has 0 saturated heterocycles. The lowest BCUT2D eigenvalue weighted by Gasteiger charge is -2.11. The SMILES string of the molecule is CCN(C)/C=N/c1cc(C)c(Cc2nc(-c3ccc(C)nc3)cs2)cc1C. The zero-order valence-corrected chi connectivity index (χ0v) is 17.5. The van der Waals surface area contributed by atoms with Gasteiger partial charge in [0.05, 0.1) is 22.7 Å². The van der Waals surface area contributed by atoms with Crippen molar-refractivity contribution in [2.45, 2.75) is 34.1 Å². The number of aliphatic imine (C=N–C) groups is 1. The van der Waals surface area contributed by atoms with Gasteiger partial charge in [-0.3, -0.25) is 4.98 Å². The van der Waals surface area contributed by atoms with Crippen molar-refractivity contribution in [3.63, 3.8) is 0 Å². The van der Waals surface area contributed by atoms with Crippen molar-refractivity contribution in [2.24, 2.45) is 4.99 Å². The Morgan fingerprint density at radius 1 is 1.15 bits per heavy atom. The second-order valence-corrected chi connectivity index (χ2v) is 7.82. The molecule has 1 aromatic carbocycles. The van der Waals surface area contributed by atoms with Crippen LogP contribution in [0.3, 0.4) is 0 Å². The zero-order valence-electron chi connectivity index (χ0n) is 16.7. The number of benzene rings is 1. The molecule has 5 heteroatoms. The number of hydrogen-bond donors (Lipinski definition) is 0. The van der Waals surface area contributed by atoms with E-state index < -0.39 is 0 Å². The molecule has 0 aliphatic heterocycles. The van der Waals surface area contributed by atoms with Crippen molar-refractivity contribution in [1.82, 2.24) is 14.9 Å². The molecule has 2 aromatic heterocycles. The molecule has 0 unspecified atom stereocenters. The average molecular weight is 379 g/mol. The molecule has 0 N–H and O–H groups in total. The summed E-state index contributed by atoms with van der Waals surface area (Å²) in [4.78, 5) is 15.9. The molecular formula is C22H26N4S. The molecule has 0 amide bonds. The summed E-state index contributed by atoms with van der Waals surface area (Å²) in [6.45, 7) is 9.32. The van der Waals surface area contributed by atoms with E-state index in [9.17, 15) is 0 Å². The first-order valence-corrected chi connectivity index (χ1v) is 10.1. The fourth-order valence-electron chi connectivity index (χ4n) is 2.74. The highest BCUT2D eigenvalue weighted by Crippen LogP contribution is 2.27. The van der Waals surface area contributed by atoms with E-state index >= 15 is 0 Å². The smallest absolute Gasteiger partial charge is 0.0976 e. The van der Waals surface area contributed by atoms with Crippen LogP contribution >= 0.6 is 11.3 Å². The summed E-state index contributed by atoms with van der Waals surface area (Å²) in [5, 5.41) is 3.23. The minimum Gasteiger partial charge on any atom is -0.366 e. The fourth-order valence-corrected chi connectivity index (χ4v) is 3.57. The van der Waals surface area contributed by atoms with E-state index in [1.807, 2.05) is 32.6 Å². The van der Waals surface area contributed by atoms with Gasteiger partial charge in [0.2, 0.25) is 0 Å². The quantitative estimate of drug-likeness (QED) is 0.430. The Morgan fingerprint density at radius 3 is 2.67 bits per heavy atom. The number of hydrogen-bond acceptors (Lipinski definition) is 4. The lowest BCUT2D eigenvalue weighted by molar-refractivity contribution is 0.552. The van der Waals surface area contributed by atoms with Crippen LogP contribution in [0.4, 0.5) is 5.69 Å². The Morgan fingerprint density at radius 2 is 1.96 bits per heavy atom. The van der Waals surface area contributed by atoms with Crippen LogP contribution in [0.15, 0.2) is 40.8 Å². The number of aromatic nitrogens is 2. The van der Waals surface area contributed by atoms with Crippen LogP contribution in [-0.4, -0.2) is 34.8 Å². The predicted octanol–water partition coefficient (Wildman–Crippen LogP) is 5.33. The van der Waals surface area contributed by atoms with E-state index in [-0.39, 0.29) is 0 Å². The second-order valence-electron chi connectivity index (χ2n) is 6.87. The number of rotatable bonds is 6. The lowest BCUT2D eigenvalue weighted by Crippen LogP contribution is -2.14. The summed E-state index contributed by atoms with van der Waals surface area (Å²) in [6, 6.07) is 8.51. The van der Waals surface area contributed by atoms with Gasteiger partial charge in [-0.05, 0) is 62.6 Å². The number of nitrogens with zero attached hydrogens (tertiary/aromatic N) is 4. The van der Waals surface area contributed by atoms with Crippen molar-refractivity contribution < 1.29 is 0 Å². The summed E-state index contributed by atoms with van der Waals surface area (Å²) >= 11 is 1.70. The largest absolute Gasteiger partial charge is 0.366 e. The van der Waals surface area contributed by atoms with Gasteiger partial charge in [0.1, 0.15) is 0 Å². The van der Waals surface area contributed by atoms with E-state index in [0.717, 1.165) is 40.6 Å². The Labute approximate surface area is 165 Å². The fraction of sp³-hybridized carbons (Fsp3) is 0.318. The minimum absolute atomic E-state index is 0.843. The molecule has 3 rings (SSSR count). The van der Waals surface area contributed by atoms with Gasteiger partial charge < -0.3 is 4.90 Å². The molecule has 0 fully saturated rings. The van der Waals surface area contributed by atoms with Crippen molar-refractivity contribution in [1.29, 1.82) is 0 Å². The summed E-state index contributed by atoms with van der Waals surface area (Å²) < 4.78 is 0. The summed E-state index contributed by atoms with van der Waals surface area (Å²) in [6.07, 6.45) is 4.63. The third-order valence-electron chi connectivity index (χ3n) is 4.65. The van der Waals surface area contributed by atoms with Gasteiger partial charge in [0, 0.05) is 42.8 Å². The van der Waals surface area contributed by atoms with Crippen LogP contribution in [-0.2, 0) is 6.42 Å². The Kier molecular flexibility index (Phi) is 6.01. The molecule has 2 heterocycles. The maximum atomic E-state index is 4.81. The van der Waals surface area contributed by atoms with Gasteiger partial charge in [0.25, 0.3) is 0 Å². The number of pyridine rings is 1. The van der Waals surface area contributed by atoms with E-state index in [1.165, 1.54) is 16.7 Å². The van der Waals surface area contributed by atoms with Crippen LogP contribution in [0.2, 0.25) is 0 Å². The zero-order chi connectivity index (χ0) is 19.4. The second kappa shape index (κ2) is 8.44. The van der Waals surface area contributed by atoms with Crippen molar-refractivity contribution in [3.05, 3.63) is 63.2 Å². The van der Waals surface area contributed by atoms with Crippen LogP contribution in [0.1, 0.15) is 34.3 Å². The first kappa shape index (κ1) is 19.2. The van der Waals surface area contributed by atoms with Crippen molar-refractivity contribution in [2.75, 3.05) is 13.6 Å². The van der Waals surface area contributed by atoms with Crippen LogP contribution in [0.5, 0.6) is 0 Å². The highest BCUT2D eigenvalue weighted by atomic mass is 32.1. The van der Waals surface area contributed by atoms with Gasteiger partial charge in [-0.25, -0.2) is 9.98 Å². The maximum Gasteiger partial charge on any atom is 0.0976 e. The number of thiazole rings is 1. The Hall–Kier alpha value is -2.53. The van der Waals surface area contributed by atoms with Gasteiger partial charge >= 0.3 is 0 Å². The molecule has 0 aliphatic carbocycles. The Balaban J connectivity index is 1.79. The van der Waals surface area contributed by atoms with Gasteiger partial charge in [-0.15, -0.1) is 11.3 Å². The van der Waals surface area contributed by atoms with Crippen molar-refractivity contribution in [3.8, 4) is 11.3 Å². The molecule has 0 spiro atoms. The minimum atomic E-state index is 0.843. The molecular weight excluding hydrogens is 352 g/mol. The van der Waals surface area contributed by atoms with Crippen LogP contribution in [0.25, 0.3) is 11.3 Å². The average Bonchev–Trinajstić information content (AvgIpc) is 3.12. The lowest BCUT2D eigenvalue weighted by atomic mass is 10.0. The van der Waals surface area contributed by atoms with Crippen molar-refractivity contribution >= 4 is 23.4 Å². The first-order valence-electron chi connectivity index (χ1n) is 9.18. The highest BCUT2D eigenvalue weighted by Gasteiger charge is 2.09. The molecule has 140 valence electrons. The maximum absolute atomic E-state index is 4.81. The van der Waals surface area contributed by atoms with Gasteiger partial charge in [-0.2, -0.15) is 0 Å². The highest BCUT2D eigenvalue weighted by molar-refractivity contribution is 7.10. The third-order valence-corrected chi connectivity index (χ3v) is 5.50.